The van der Waals surface area contributed by atoms with Crippen LogP contribution in [0.1, 0.15) is 10.4 Å². The fourth-order valence-electron chi connectivity index (χ4n) is 1.20. The van der Waals surface area contributed by atoms with Gasteiger partial charge in [0.2, 0.25) is 0 Å². The van der Waals surface area contributed by atoms with Crippen molar-refractivity contribution >= 4 is 21.8 Å². The van der Waals surface area contributed by atoms with Crippen LogP contribution in [0, 0.1) is 11.6 Å². The summed E-state index contributed by atoms with van der Waals surface area (Å²) in [6.45, 7) is 1.02. The summed E-state index contributed by atoms with van der Waals surface area (Å²) < 4.78 is 31.5. The molecular formula is C11H12BrF2NO2. The second kappa shape index (κ2) is 7.34. The highest BCUT2D eigenvalue weighted by atomic mass is 79.9. The van der Waals surface area contributed by atoms with Crippen LogP contribution < -0.4 is 5.32 Å². The Morgan fingerprint density at radius 1 is 1.29 bits per heavy atom. The van der Waals surface area contributed by atoms with Gasteiger partial charge in [0.1, 0.15) is 17.2 Å². The SMILES string of the molecule is O=C(NCCOCCBr)c1c(F)cccc1F. The molecule has 0 spiro atoms. The lowest BCUT2D eigenvalue weighted by Gasteiger charge is -2.07. The molecule has 0 saturated carbocycles. The Morgan fingerprint density at radius 3 is 2.53 bits per heavy atom. The van der Waals surface area contributed by atoms with Gasteiger partial charge in [-0.1, -0.05) is 22.0 Å². The van der Waals surface area contributed by atoms with Crippen molar-refractivity contribution in [2.24, 2.45) is 0 Å². The van der Waals surface area contributed by atoms with Gasteiger partial charge in [-0.25, -0.2) is 8.78 Å². The highest BCUT2D eigenvalue weighted by Gasteiger charge is 2.15. The molecule has 1 amide bonds. The summed E-state index contributed by atoms with van der Waals surface area (Å²) in [4.78, 5) is 11.5. The highest BCUT2D eigenvalue weighted by molar-refractivity contribution is 9.09. The normalized spacial score (nSPS) is 10.3. The number of benzene rings is 1. The van der Waals surface area contributed by atoms with E-state index in [1.165, 1.54) is 6.07 Å². The Kier molecular flexibility index (Phi) is 6.07. The molecule has 1 N–H and O–H groups in total. The quantitative estimate of drug-likeness (QED) is 0.646. The van der Waals surface area contributed by atoms with Crippen molar-refractivity contribution in [2.45, 2.75) is 0 Å². The molecule has 0 saturated heterocycles. The second-order valence-corrected chi connectivity index (χ2v) is 3.95. The number of alkyl halides is 1. The largest absolute Gasteiger partial charge is 0.379 e. The molecule has 94 valence electrons. The molecule has 0 fully saturated rings. The predicted molar refractivity (Wildman–Crippen MR) is 63.3 cm³/mol. The van der Waals surface area contributed by atoms with E-state index in [0.29, 0.717) is 18.5 Å². The zero-order chi connectivity index (χ0) is 12.7. The molecule has 0 aliphatic heterocycles. The van der Waals surface area contributed by atoms with E-state index >= 15 is 0 Å². The van der Waals surface area contributed by atoms with Crippen LogP contribution in [0.3, 0.4) is 0 Å². The van der Waals surface area contributed by atoms with Gasteiger partial charge in [-0.2, -0.15) is 0 Å². The lowest BCUT2D eigenvalue weighted by atomic mass is 10.2. The highest BCUT2D eigenvalue weighted by Crippen LogP contribution is 2.11. The number of rotatable bonds is 6. The summed E-state index contributed by atoms with van der Waals surface area (Å²) >= 11 is 3.17. The van der Waals surface area contributed by atoms with Gasteiger partial charge in [0.25, 0.3) is 5.91 Å². The van der Waals surface area contributed by atoms with Gasteiger partial charge < -0.3 is 10.1 Å². The van der Waals surface area contributed by atoms with Crippen LogP contribution in [-0.2, 0) is 4.74 Å². The van der Waals surface area contributed by atoms with Crippen LogP contribution in [0.2, 0.25) is 0 Å². The minimum Gasteiger partial charge on any atom is -0.379 e. The Bertz CT molecular complexity index is 367. The van der Waals surface area contributed by atoms with E-state index in [1.807, 2.05) is 0 Å². The van der Waals surface area contributed by atoms with Crippen LogP contribution >= 0.6 is 15.9 Å². The summed E-state index contributed by atoms with van der Waals surface area (Å²) in [5.41, 5.74) is -0.562. The number of hydrogen-bond acceptors (Lipinski definition) is 2. The number of ether oxygens (including phenoxy) is 1. The van der Waals surface area contributed by atoms with E-state index < -0.39 is 23.1 Å². The average molecular weight is 308 g/mol. The van der Waals surface area contributed by atoms with E-state index in [2.05, 4.69) is 21.2 Å². The van der Waals surface area contributed by atoms with Gasteiger partial charge in [0.05, 0.1) is 13.2 Å². The van der Waals surface area contributed by atoms with Crippen molar-refractivity contribution < 1.29 is 18.3 Å². The van der Waals surface area contributed by atoms with Crippen LogP contribution in [0.5, 0.6) is 0 Å². The van der Waals surface area contributed by atoms with Crippen molar-refractivity contribution in [1.82, 2.24) is 5.32 Å². The van der Waals surface area contributed by atoms with Gasteiger partial charge in [-0.15, -0.1) is 0 Å². The molecule has 0 radical (unpaired) electrons. The van der Waals surface area contributed by atoms with E-state index in [0.717, 1.165) is 12.1 Å². The smallest absolute Gasteiger partial charge is 0.257 e. The minimum atomic E-state index is -0.871. The monoisotopic (exact) mass is 307 g/mol. The number of carbonyl (C=O) groups is 1. The lowest BCUT2D eigenvalue weighted by Crippen LogP contribution is -2.29. The van der Waals surface area contributed by atoms with Gasteiger partial charge in [0, 0.05) is 11.9 Å². The second-order valence-electron chi connectivity index (χ2n) is 3.15. The first-order chi connectivity index (χ1) is 8.16. The Morgan fingerprint density at radius 2 is 1.94 bits per heavy atom. The molecule has 1 aromatic rings. The molecule has 17 heavy (non-hydrogen) atoms. The maximum absolute atomic E-state index is 13.2. The van der Waals surface area contributed by atoms with Gasteiger partial charge in [-0.3, -0.25) is 4.79 Å². The molecule has 0 aliphatic carbocycles. The van der Waals surface area contributed by atoms with Crippen molar-refractivity contribution in [3.05, 3.63) is 35.4 Å². The Labute approximate surface area is 106 Å². The molecule has 0 bridgehead atoms. The summed E-state index contributed by atoms with van der Waals surface area (Å²) in [6, 6.07) is 3.29. The maximum Gasteiger partial charge on any atom is 0.257 e. The Balaban J connectivity index is 2.47. The minimum absolute atomic E-state index is 0.208. The fraction of sp³-hybridized carbons (Fsp3) is 0.364. The number of nitrogens with one attached hydrogen (secondary N) is 1. The summed E-state index contributed by atoms with van der Waals surface area (Å²) in [7, 11) is 0. The summed E-state index contributed by atoms with van der Waals surface area (Å²) in [5.74, 6) is -2.52. The van der Waals surface area contributed by atoms with Crippen molar-refractivity contribution in [1.29, 1.82) is 0 Å². The number of hydrogen-bond donors (Lipinski definition) is 1. The van der Waals surface area contributed by atoms with Crippen LogP contribution in [0.25, 0.3) is 0 Å². The molecule has 1 aromatic carbocycles. The zero-order valence-electron chi connectivity index (χ0n) is 9.01. The molecular weight excluding hydrogens is 296 g/mol. The van der Waals surface area contributed by atoms with Crippen molar-refractivity contribution in [3.8, 4) is 0 Å². The molecule has 0 heterocycles. The van der Waals surface area contributed by atoms with E-state index in [1.54, 1.807) is 0 Å². The molecule has 0 aromatic heterocycles. The van der Waals surface area contributed by atoms with E-state index in [9.17, 15) is 13.6 Å². The number of carbonyl (C=O) groups excluding carboxylic acids is 1. The first-order valence-electron chi connectivity index (χ1n) is 5.02. The molecule has 3 nitrogen and oxygen atoms in total. The predicted octanol–water partition coefficient (Wildman–Crippen LogP) is 2.11. The van der Waals surface area contributed by atoms with Crippen molar-refractivity contribution in [2.75, 3.05) is 25.1 Å². The molecule has 1 rings (SSSR count). The van der Waals surface area contributed by atoms with Crippen LogP contribution in [-0.4, -0.2) is 31.0 Å². The van der Waals surface area contributed by atoms with Gasteiger partial charge >= 0.3 is 0 Å². The first-order valence-corrected chi connectivity index (χ1v) is 6.15. The molecule has 0 atom stereocenters. The topological polar surface area (TPSA) is 38.3 Å². The third-order valence-electron chi connectivity index (χ3n) is 1.94. The lowest BCUT2D eigenvalue weighted by molar-refractivity contribution is 0.0916. The average Bonchev–Trinajstić information content (AvgIpc) is 2.28. The standard InChI is InChI=1S/C11H12BrF2NO2/c12-4-6-17-7-5-15-11(16)10-8(13)2-1-3-9(10)14/h1-3H,4-7H2,(H,15,16). The molecule has 6 heteroatoms. The van der Waals surface area contributed by atoms with Gasteiger partial charge in [-0.05, 0) is 12.1 Å². The summed E-state index contributed by atoms with van der Waals surface area (Å²) in [6.07, 6.45) is 0. The first kappa shape index (κ1) is 14.1. The van der Waals surface area contributed by atoms with E-state index in [-0.39, 0.29) is 6.54 Å². The number of halogens is 3. The zero-order valence-corrected chi connectivity index (χ0v) is 10.6. The van der Waals surface area contributed by atoms with Crippen molar-refractivity contribution in [3.63, 3.8) is 0 Å². The fourth-order valence-corrected chi connectivity index (χ4v) is 1.43. The summed E-state index contributed by atoms with van der Waals surface area (Å²) in [5, 5.41) is 3.08. The Hall–Kier alpha value is -1.01. The van der Waals surface area contributed by atoms with E-state index in [4.69, 9.17) is 4.74 Å². The molecule has 0 unspecified atom stereocenters. The maximum atomic E-state index is 13.2. The third kappa shape index (κ3) is 4.40. The van der Waals surface area contributed by atoms with Crippen LogP contribution in [0.15, 0.2) is 18.2 Å². The molecule has 0 aliphatic rings. The number of amides is 1. The van der Waals surface area contributed by atoms with Gasteiger partial charge in [0.15, 0.2) is 0 Å². The third-order valence-corrected chi connectivity index (χ3v) is 2.27. The van der Waals surface area contributed by atoms with Crippen LogP contribution in [0.4, 0.5) is 8.78 Å².